The van der Waals surface area contributed by atoms with Gasteiger partial charge in [0.2, 0.25) is 0 Å². The Morgan fingerprint density at radius 1 is 1.00 bits per heavy atom. The van der Waals surface area contributed by atoms with E-state index in [4.69, 9.17) is 0 Å². The van der Waals surface area contributed by atoms with E-state index in [1.807, 2.05) is 6.08 Å². The molecule has 0 aliphatic heterocycles. The molecule has 0 heterocycles. The Bertz CT molecular complexity index is 479. The summed E-state index contributed by atoms with van der Waals surface area (Å²) in [4.78, 5) is 0. The highest BCUT2D eigenvalue weighted by Gasteiger charge is 2.19. The molecule has 122 valence electrons. The van der Waals surface area contributed by atoms with Crippen molar-refractivity contribution in [2.75, 3.05) is 6.67 Å². The summed E-state index contributed by atoms with van der Waals surface area (Å²) in [6.45, 7) is -0.309. The van der Waals surface area contributed by atoms with Crippen molar-refractivity contribution in [1.29, 1.82) is 0 Å². The van der Waals surface area contributed by atoms with Crippen LogP contribution in [-0.2, 0) is 6.42 Å². The van der Waals surface area contributed by atoms with Crippen molar-refractivity contribution in [3.63, 3.8) is 0 Å². The van der Waals surface area contributed by atoms with Gasteiger partial charge < -0.3 is 0 Å². The molecule has 0 bridgehead atoms. The van der Waals surface area contributed by atoms with Crippen LogP contribution < -0.4 is 0 Å². The standard InChI is InChI=1S/C18H22F4/c19-10-2-1-3-13-4-6-14(7-5-13)8-9-15-11-16(20)18(22)17(21)12-15/h1,3,11-14H,2,4-10H2. The normalized spacial score (nSPS) is 22.4. The molecular weight excluding hydrogens is 292 g/mol. The predicted molar refractivity (Wildman–Crippen MR) is 79.8 cm³/mol. The molecule has 1 aromatic rings. The number of allylic oxidation sites excluding steroid dienone is 2. The molecular formula is C18H22F4. The minimum Gasteiger partial charge on any atom is -0.251 e. The molecule has 1 saturated carbocycles. The number of alkyl halides is 1. The average molecular weight is 314 g/mol. The summed E-state index contributed by atoms with van der Waals surface area (Å²) in [7, 11) is 0. The molecule has 2 rings (SSSR count). The lowest BCUT2D eigenvalue weighted by Crippen LogP contribution is -2.14. The van der Waals surface area contributed by atoms with Crippen LogP contribution in [0.1, 0.15) is 44.1 Å². The van der Waals surface area contributed by atoms with E-state index in [2.05, 4.69) is 6.08 Å². The van der Waals surface area contributed by atoms with Crippen molar-refractivity contribution in [1.82, 2.24) is 0 Å². The van der Waals surface area contributed by atoms with Gasteiger partial charge in [0.05, 0.1) is 6.67 Å². The van der Waals surface area contributed by atoms with Gasteiger partial charge in [0, 0.05) is 0 Å². The lowest BCUT2D eigenvalue weighted by atomic mass is 9.79. The van der Waals surface area contributed by atoms with Gasteiger partial charge in [-0.1, -0.05) is 12.2 Å². The molecule has 0 nitrogen and oxygen atoms in total. The van der Waals surface area contributed by atoms with Crippen LogP contribution >= 0.6 is 0 Å². The van der Waals surface area contributed by atoms with Crippen LogP contribution in [0.5, 0.6) is 0 Å². The molecule has 0 saturated heterocycles. The van der Waals surface area contributed by atoms with Gasteiger partial charge in [-0.15, -0.1) is 0 Å². The summed E-state index contributed by atoms with van der Waals surface area (Å²) < 4.78 is 51.2. The van der Waals surface area contributed by atoms with Gasteiger partial charge in [-0.3, -0.25) is 4.39 Å². The first-order valence-corrected chi connectivity index (χ1v) is 7.96. The second-order valence-corrected chi connectivity index (χ2v) is 6.10. The molecule has 1 aliphatic rings. The van der Waals surface area contributed by atoms with Crippen LogP contribution in [0, 0.1) is 29.3 Å². The van der Waals surface area contributed by atoms with E-state index in [0.717, 1.165) is 44.2 Å². The zero-order valence-corrected chi connectivity index (χ0v) is 12.6. The van der Waals surface area contributed by atoms with Crippen molar-refractivity contribution in [2.24, 2.45) is 11.8 Å². The van der Waals surface area contributed by atoms with Crippen molar-refractivity contribution in [3.05, 3.63) is 47.3 Å². The third-order valence-electron chi connectivity index (χ3n) is 4.46. The van der Waals surface area contributed by atoms with E-state index in [-0.39, 0.29) is 6.67 Å². The number of rotatable bonds is 6. The Hall–Kier alpha value is -1.32. The second-order valence-electron chi connectivity index (χ2n) is 6.10. The summed E-state index contributed by atoms with van der Waals surface area (Å²) in [5.74, 6) is -2.55. The van der Waals surface area contributed by atoms with Gasteiger partial charge in [0.25, 0.3) is 0 Å². The smallest absolute Gasteiger partial charge is 0.194 e. The topological polar surface area (TPSA) is 0 Å². The molecule has 0 spiro atoms. The number of hydrogen-bond donors (Lipinski definition) is 0. The van der Waals surface area contributed by atoms with Gasteiger partial charge in [0.15, 0.2) is 17.5 Å². The number of hydrogen-bond acceptors (Lipinski definition) is 0. The Labute approximate surface area is 129 Å². The van der Waals surface area contributed by atoms with E-state index < -0.39 is 17.5 Å². The number of halogens is 4. The fourth-order valence-corrected chi connectivity index (χ4v) is 3.14. The van der Waals surface area contributed by atoms with Gasteiger partial charge >= 0.3 is 0 Å². The van der Waals surface area contributed by atoms with Crippen LogP contribution in [0.4, 0.5) is 17.6 Å². The Balaban J connectivity index is 1.77. The van der Waals surface area contributed by atoms with Crippen LogP contribution in [-0.4, -0.2) is 6.67 Å². The minimum atomic E-state index is -1.40. The largest absolute Gasteiger partial charge is 0.251 e. The molecule has 1 aromatic carbocycles. The molecule has 1 aliphatic carbocycles. The van der Waals surface area contributed by atoms with E-state index in [0.29, 0.717) is 30.2 Å². The van der Waals surface area contributed by atoms with Gasteiger partial charge in [-0.2, -0.15) is 0 Å². The van der Waals surface area contributed by atoms with Crippen molar-refractivity contribution in [2.45, 2.75) is 44.9 Å². The monoisotopic (exact) mass is 314 g/mol. The Morgan fingerprint density at radius 3 is 2.23 bits per heavy atom. The molecule has 1 fully saturated rings. The number of benzene rings is 1. The summed E-state index contributed by atoms with van der Waals surface area (Å²) in [6.07, 6.45) is 10.3. The number of aryl methyl sites for hydroxylation is 1. The summed E-state index contributed by atoms with van der Waals surface area (Å²) in [5, 5.41) is 0. The molecule has 22 heavy (non-hydrogen) atoms. The molecule has 0 aromatic heterocycles. The lowest BCUT2D eigenvalue weighted by molar-refractivity contribution is 0.295. The Morgan fingerprint density at radius 2 is 1.64 bits per heavy atom. The first-order valence-electron chi connectivity index (χ1n) is 7.96. The highest BCUT2D eigenvalue weighted by atomic mass is 19.2. The average Bonchev–Trinajstić information content (AvgIpc) is 2.52. The first kappa shape index (κ1) is 17.0. The van der Waals surface area contributed by atoms with E-state index >= 15 is 0 Å². The van der Waals surface area contributed by atoms with E-state index in [9.17, 15) is 17.6 Å². The third kappa shape index (κ3) is 4.85. The molecule has 0 radical (unpaired) electrons. The lowest BCUT2D eigenvalue weighted by Gasteiger charge is -2.26. The predicted octanol–water partition coefficient (Wildman–Crippen LogP) is 5.76. The maximum atomic E-state index is 13.2. The fourth-order valence-electron chi connectivity index (χ4n) is 3.14. The maximum Gasteiger partial charge on any atom is 0.194 e. The van der Waals surface area contributed by atoms with Crippen LogP contribution in [0.25, 0.3) is 0 Å². The van der Waals surface area contributed by atoms with Crippen LogP contribution in [0.3, 0.4) is 0 Å². The first-order chi connectivity index (χ1) is 10.6. The van der Waals surface area contributed by atoms with Gasteiger partial charge in [-0.05, 0) is 74.5 Å². The zero-order valence-electron chi connectivity index (χ0n) is 12.6. The van der Waals surface area contributed by atoms with Crippen molar-refractivity contribution < 1.29 is 17.6 Å². The molecule has 0 unspecified atom stereocenters. The zero-order chi connectivity index (χ0) is 15.9. The van der Waals surface area contributed by atoms with E-state index in [1.54, 1.807) is 0 Å². The Kier molecular flexibility index (Phi) is 6.47. The fraction of sp³-hybridized carbons (Fsp3) is 0.556. The molecule has 4 heteroatoms. The molecule has 0 amide bonds. The molecule has 0 N–H and O–H groups in total. The maximum absolute atomic E-state index is 13.2. The minimum absolute atomic E-state index is 0.309. The van der Waals surface area contributed by atoms with Gasteiger partial charge in [-0.25, -0.2) is 13.2 Å². The van der Waals surface area contributed by atoms with Crippen molar-refractivity contribution >= 4 is 0 Å². The SMILES string of the molecule is FCCC=CC1CCC(CCc2cc(F)c(F)c(F)c2)CC1. The van der Waals surface area contributed by atoms with Crippen molar-refractivity contribution in [3.8, 4) is 0 Å². The summed E-state index contributed by atoms with van der Waals surface area (Å²) in [5.41, 5.74) is 0.515. The second kappa shape index (κ2) is 8.35. The van der Waals surface area contributed by atoms with E-state index in [1.165, 1.54) is 0 Å². The quantitative estimate of drug-likeness (QED) is 0.356. The summed E-state index contributed by atoms with van der Waals surface area (Å²) in [6, 6.07) is 2.17. The molecule has 0 atom stereocenters. The highest BCUT2D eigenvalue weighted by Crippen LogP contribution is 2.32. The third-order valence-corrected chi connectivity index (χ3v) is 4.46. The van der Waals surface area contributed by atoms with Crippen LogP contribution in [0.15, 0.2) is 24.3 Å². The summed E-state index contributed by atoms with van der Waals surface area (Å²) >= 11 is 0. The van der Waals surface area contributed by atoms with Crippen LogP contribution in [0.2, 0.25) is 0 Å². The highest BCUT2D eigenvalue weighted by molar-refractivity contribution is 5.19. The van der Waals surface area contributed by atoms with Gasteiger partial charge in [0.1, 0.15) is 0 Å².